The van der Waals surface area contributed by atoms with Crippen molar-refractivity contribution in [2.45, 2.75) is 6.92 Å². The predicted octanol–water partition coefficient (Wildman–Crippen LogP) is 2.19. The van der Waals surface area contributed by atoms with Crippen molar-refractivity contribution in [1.82, 2.24) is 0 Å². The number of methoxy groups -OCH3 is 1. The first-order valence-corrected chi connectivity index (χ1v) is 4.39. The van der Waals surface area contributed by atoms with Crippen molar-refractivity contribution in [2.75, 3.05) is 20.5 Å². The van der Waals surface area contributed by atoms with E-state index in [0.717, 1.165) is 6.61 Å². The number of rotatable bonds is 5. The lowest BCUT2D eigenvalue weighted by Crippen LogP contribution is -2.04. The Kier molecular flexibility index (Phi) is 7.79. The van der Waals surface area contributed by atoms with E-state index in [4.69, 9.17) is 9.47 Å². The van der Waals surface area contributed by atoms with Gasteiger partial charge in [-0.15, -0.1) is 0 Å². The lowest BCUT2D eigenvalue weighted by Gasteiger charge is -2.05. The van der Waals surface area contributed by atoms with Crippen LogP contribution < -0.4 is 0 Å². The summed E-state index contributed by atoms with van der Waals surface area (Å²) in [5.74, 6) is 0.479. The molecule has 0 unspecified atom stereocenters. The van der Waals surface area contributed by atoms with Gasteiger partial charge in [-0.3, -0.25) is 0 Å². The maximum absolute atomic E-state index is 5.12. The van der Waals surface area contributed by atoms with Crippen LogP contribution in [0.1, 0.15) is 6.92 Å². The van der Waals surface area contributed by atoms with Gasteiger partial charge in [0.05, 0.1) is 6.61 Å². The lowest BCUT2D eigenvalue weighted by atomic mass is 10.2. The van der Waals surface area contributed by atoms with Crippen LogP contribution in [-0.2, 0) is 9.47 Å². The maximum atomic E-state index is 5.12. The molecule has 0 saturated carbocycles. The fourth-order valence-corrected chi connectivity index (χ4v) is 1.21. The standard InChI is InChI=1S/C7H13IO2/c1-7(3-4-8)5-10-6-9-2/h3-4,7H,5-6H2,1-2H3/b4-3+/t7-/m0/s1. The number of hydrogen-bond donors (Lipinski definition) is 0. The monoisotopic (exact) mass is 256 g/mol. The molecule has 0 radical (unpaired) electrons. The molecule has 0 aliphatic carbocycles. The summed E-state index contributed by atoms with van der Waals surface area (Å²) >= 11 is 2.20. The van der Waals surface area contributed by atoms with Gasteiger partial charge in [-0.25, -0.2) is 0 Å². The second kappa shape index (κ2) is 7.50. The average Bonchev–Trinajstić information content (AvgIpc) is 1.89. The number of hydrogen-bond acceptors (Lipinski definition) is 2. The van der Waals surface area contributed by atoms with Gasteiger partial charge in [0.1, 0.15) is 6.79 Å². The Morgan fingerprint density at radius 3 is 2.80 bits per heavy atom. The van der Waals surface area contributed by atoms with E-state index >= 15 is 0 Å². The van der Waals surface area contributed by atoms with Gasteiger partial charge >= 0.3 is 0 Å². The van der Waals surface area contributed by atoms with Crippen LogP contribution in [0.25, 0.3) is 0 Å². The number of ether oxygens (including phenoxy) is 2. The molecule has 0 N–H and O–H groups in total. The quantitative estimate of drug-likeness (QED) is 0.426. The van der Waals surface area contributed by atoms with Crippen LogP contribution in [0.15, 0.2) is 10.2 Å². The van der Waals surface area contributed by atoms with Gasteiger partial charge in [-0.05, 0) is 10.0 Å². The van der Waals surface area contributed by atoms with Crippen LogP contribution in [0.3, 0.4) is 0 Å². The molecule has 0 amide bonds. The Hall–Kier alpha value is 0.390. The molecule has 1 atom stereocenters. The second-order valence-corrected chi connectivity index (χ2v) is 2.79. The van der Waals surface area contributed by atoms with Crippen LogP contribution in [-0.4, -0.2) is 20.5 Å². The summed E-state index contributed by atoms with van der Waals surface area (Å²) in [6, 6.07) is 0. The Morgan fingerprint density at radius 1 is 1.60 bits per heavy atom. The van der Waals surface area contributed by atoms with Crippen molar-refractivity contribution in [3.8, 4) is 0 Å². The van der Waals surface area contributed by atoms with E-state index in [1.807, 2.05) is 4.08 Å². The van der Waals surface area contributed by atoms with Crippen molar-refractivity contribution >= 4 is 22.6 Å². The third-order valence-corrected chi connectivity index (χ3v) is 1.40. The fraction of sp³-hybridized carbons (Fsp3) is 0.714. The average molecular weight is 256 g/mol. The molecule has 60 valence electrons. The first-order chi connectivity index (χ1) is 4.81. The van der Waals surface area contributed by atoms with Crippen molar-refractivity contribution in [1.29, 1.82) is 0 Å². The molecule has 0 aromatic rings. The fourth-order valence-electron chi connectivity index (χ4n) is 0.497. The van der Waals surface area contributed by atoms with E-state index < -0.39 is 0 Å². The van der Waals surface area contributed by atoms with E-state index in [1.165, 1.54) is 0 Å². The Morgan fingerprint density at radius 2 is 2.30 bits per heavy atom. The minimum absolute atomic E-state index is 0.388. The van der Waals surface area contributed by atoms with Crippen LogP contribution in [0.4, 0.5) is 0 Å². The normalized spacial score (nSPS) is 14.3. The van der Waals surface area contributed by atoms with Gasteiger partial charge in [0, 0.05) is 7.11 Å². The summed E-state index contributed by atoms with van der Waals surface area (Å²) in [7, 11) is 1.62. The predicted molar refractivity (Wildman–Crippen MR) is 50.2 cm³/mol. The molecule has 2 nitrogen and oxygen atoms in total. The number of halogens is 1. The molecule has 0 spiro atoms. The SMILES string of the molecule is COCOC[C@@H](C)/C=C/I. The van der Waals surface area contributed by atoms with Crippen molar-refractivity contribution in [2.24, 2.45) is 5.92 Å². The summed E-state index contributed by atoms with van der Waals surface area (Å²) in [6.07, 6.45) is 2.09. The van der Waals surface area contributed by atoms with E-state index in [9.17, 15) is 0 Å². The Bertz CT molecular complexity index is 93.6. The molecule has 0 heterocycles. The molecule has 0 rings (SSSR count). The summed E-state index contributed by atoms with van der Waals surface area (Å²) in [5.41, 5.74) is 0. The lowest BCUT2D eigenvalue weighted by molar-refractivity contribution is -0.0371. The van der Waals surface area contributed by atoms with E-state index in [2.05, 4.69) is 35.6 Å². The van der Waals surface area contributed by atoms with E-state index in [-0.39, 0.29) is 0 Å². The summed E-state index contributed by atoms with van der Waals surface area (Å²) < 4.78 is 11.8. The van der Waals surface area contributed by atoms with Gasteiger partial charge in [-0.1, -0.05) is 35.6 Å². The molecule has 10 heavy (non-hydrogen) atoms. The third kappa shape index (κ3) is 6.51. The van der Waals surface area contributed by atoms with Crippen molar-refractivity contribution in [3.05, 3.63) is 10.2 Å². The Balaban J connectivity index is 3.13. The highest BCUT2D eigenvalue weighted by Crippen LogP contribution is 1.99. The molecule has 0 aromatic heterocycles. The molecular weight excluding hydrogens is 243 g/mol. The summed E-state index contributed by atoms with van der Waals surface area (Å²) in [5, 5.41) is 0. The summed E-state index contributed by atoms with van der Waals surface area (Å²) in [6.45, 7) is 3.22. The molecule has 0 bridgehead atoms. The highest BCUT2D eigenvalue weighted by Gasteiger charge is 1.94. The largest absolute Gasteiger partial charge is 0.359 e. The van der Waals surface area contributed by atoms with Crippen LogP contribution >= 0.6 is 22.6 Å². The first kappa shape index (κ1) is 10.4. The molecule has 0 aromatic carbocycles. The first-order valence-electron chi connectivity index (χ1n) is 3.14. The van der Waals surface area contributed by atoms with Crippen LogP contribution in [0.2, 0.25) is 0 Å². The van der Waals surface area contributed by atoms with Gasteiger partial charge in [0.2, 0.25) is 0 Å². The molecule has 0 fully saturated rings. The minimum Gasteiger partial charge on any atom is -0.359 e. The van der Waals surface area contributed by atoms with Gasteiger partial charge in [0.25, 0.3) is 0 Å². The van der Waals surface area contributed by atoms with E-state index in [0.29, 0.717) is 12.7 Å². The zero-order valence-electron chi connectivity index (χ0n) is 6.34. The van der Waals surface area contributed by atoms with Gasteiger partial charge in [-0.2, -0.15) is 0 Å². The zero-order valence-corrected chi connectivity index (χ0v) is 8.50. The van der Waals surface area contributed by atoms with Gasteiger partial charge in [0.15, 0.2) is 0 Å². The van der Waals surface area contributed by atoms with Crippen molar-refractivity contribution < 1.29 is 9.47 Å². The van der Waals surface area contributed by atoms with Crippen LogP contribution in [0.5, 0.6) is 0 Å². The smallest absolute Gasteiger partial charge is 0.146 e. The molecular formula is C7H13IO2. The topological polar surface area (TPSA) is 18.5 Å². The third-order valence-electron chi connectivity index (χ3n) is 0.983. The molecule has 0 saturated heterocycles. The molecule has 0 aliphatic heterocycles. The van der Waals surface area contributed by atoms with E-state index in [1.54, 1.807) is 7.11 Å². The minimum atomic E-state index is 0.388. The van der Waals surface area contributed by atoms with Crippen molar-refractivity contribution in [3.63, 3.8) is 0 Å². The zero-order chi connectivity index (χ0) is 7.82. The summed E-state index contributed by atoms with van der Waals surface area (Å²) in [4.78, 5) is 0. The second-order valence-electron chi connectivity index (χ2n) is 2.07. The highest BCUT2D eigenvalue weighted by atomic mass is 127. The molecule has 0 aliphatic rings. The van der Waals surface area contributed by atoms with Gasteiger partial charge < -0.3 is 9.47 Å². The maximum Gasteiger partial charge on any atom is 0.146 e. The highest BCUT2D eigenvalue weighted by molar-refractivity contribution is 14.1. The van der Waals surface area contributed by atoms with Crippen LogP contribution in [0, 0.1) is 5.92 Å². The Labute approximate surface area is 75.7 Å². The molecule has 3 heteroatoms.